The van der Waals surface area contributed by atoms with Gasteiger partial charge in [0, 0.05) is 55.2 Å². The number of aromatic nitrogens is 4. The fourth-order valence-corrected chi connectivity index (χ4v) is 3.44. The molecule has 0 fully saturated rings. The number of nitrogens with zero attached hydrogens (tertiary/aromatic N) is 5. The van der Waals surface area contributed by atoms with Crippen LogP contribution in [0.5, 0.6) is 0 Å². The molecule has 0 saturated heterocycles. The molecule has 126 valence electrons. The third-order valence-corrected chi connectivity index (χ3v) is 4.92. The maximum absolute atomic E-state index is 6.37. The average molecular weight is 352 g/mol. The zero-order chi connectivity index (χ0) is 17.2. The molecule has 0 radical (unpaired) electrons. The van der Waals surface area contributed by atoms with Gasteiger partial charge in [0.15, 0.2) is 5.82 Å². The molecule has 0 N–H and O–H groups in total. The summed E-state index contributed by atoms with van der Waals surface area (Å²) in [4.78, 5) is 19.7. The Morgan fingerprint density at radius 1 is 1.16 bits per heavy atom. The van der Waals surface area contributed by atoms with E-state index in [0.717, 1.165) is 42.3 Å². The van der Waals surface area contributed by atoms with Gasteiger partial charge in [0.05, 0.1) is 11.3 Å². The van der Waals surface area contributed by atoms with Gasteiger partial charge >= 0.3 is 0 Å². The minimum atomic E-state index is 0.690. The van der Waals surface area contributed by atoms with Gasteiger partial charge in [-0.3, -0.25) is 4.90 Å². The number of benzene rings is 1. The Labute approximate surface area is 151 Å². The van der Waals surface area contributed by atoms with Crippen LogP contribution < -0.4 is 0 Å². The van der Waals surface area contributed by atoms with Crippen molar-refractivity contribution >= 4 is 11.6 Å². The van der Waals surface area contributed by atoms with Crippen LogP contribution in [0.25, 0.3) is 11.4 Å². The van der Waals surface area contributed by atoms with Crippen LogP contribution in [0, 0.1) is 6.92 Å². The molecule has 3 aromatic rings. The van der Waals surface area contributed by atoms with Crippen LogP contribution in [-0.2, 0) is 19.5 Å². The first-order valence-electron chi connectivity index (χ1n) is 8.27. The number of hydrogen-bond acceptors (Lipinski definition) is 5. The van der Waals surface area contributed by atoms with E-state index in [0.29, 0.717) is 5.82 Å². The Morgan fingerprint density at radius 2 is 2.00 bits per heavy atom. The van der Waals surface area contributed by atoms with Crippen LogP contribution in [0.1, 0.15) is 22.4 Å². The summed E-state index contributed by atoms with van der Waals surface area (Å²) in [6, 6.07) is 6.06. The highest BCUT2D eigenvalue weighted by Gasteiger charge is 2.20. The van der Waals surface area contributed by atoms with E-state index in [1.807, 2.05) is 18.3 Å². The van der Waals surface area contributed by atoms with Gasteiger partial charge in [-0.15, -0.1) is 0 Å². The highest BCUT2D eigenvalue weighted by molar-refractivity contribution is 6.31. The third kappa shape index (κ3) is 3.38. The van der Waals surface area contributed by atoms with Crippen molar-refractivity contribution < 1.29 is 0 Å². The molecular formula is C19H18ClN5. The summed E-state index contributed by atoms with van der Waals surface area (Å²) >= 11 is 6.37. The summed E-state index contributed by atoms with van der Waals surface area (Å²) < 4.78 is 0. The zero-order valence-corrected chi connectivity index (χ0v) is 14.7. The average Bonchev–Trinajstić information content (AvgIpc) is 2.65. The van der Waals surface area contributed by atoms with Gasteiger partial charge in [0.1, 0.15) is 6.33 Å². The monoisotopic (exact) mass is 351 g/mol. The van der Waals surface area contributed by atoms with Crippen LogP contribution in [0.3, 0.4) is 0 Å². The zero-order valence-electron chi connectivity index (χ0n) is 14.0. The molecule has 6 heteroatoms. The first-order valence-corrected chi connectivity index (χ1v) is 8.65. The molecule has 4 rings (SSSR count). The largest absolute Gasteiger partial charge is 0.294 e. The summed E-state index contributed by atoms with van der Waals surface area (Å²) in [7, 11) is 0. The van der Waals surface area contributed by atoms with E-state index >= 15 is 0 Å². The summed E-state index contributed by atoms with van der Waals surface area (Å²) in [6.45, 7) is 4.75. The predicted octanol–water partition coefficient (Wildman–Crippen LogP) is 3.45. The van der Waals surface area contributed by atoms with Crippen LogP contribution in [0.2, 0.25) is 5.02 Å². The first kappa shape index (κ1) is 16.1. The topological polar surface area (TPSA) is 54.8 Å². The van der Waals surface area contributed by atoms with Crippen molar-refractivity contribution in [1.82, 2.24) is 24.8 Å². The molecule has 1 aromatic carbocycles. The highest BCUT2D eigenvalue weighted by Crippen LogP contribution is 2.25. The smallest absolute Gasteiger partial charge is 0.162 e. The van der Waals surface area contributed by atoms with Crippen molar-refractivity contribution in [3.05, 3.63) is 70.5 Å². The fourth-order valence-electron chi connectivity index (χ4n) is 3.15. The van der Waals surface area contributed by atoms with Gasteiger partial charge in [0.25, 0.3) is 0 Å². The molecule has 0 amide bonds. The highest BCUT2D eigenvalue weighted by atomic mass is 35.5. The molecule has 0 unspecified atom stereocenters. The second-order valence-corrected chi connectivity index (χ2v) is 6.70. The van der Waals surface area contributed by atoms with E-state index in [4.69, 9.17) is 16.6 Å². The minimum Gasteiger partial charge on any atom is -0.294 e. The minimum absolute atomic E-state index is 0.690. The van der Waals surface area contributed by atoms with E-state index in [2.05, 4.69) is 32.8 Å². The number of rotatable bonds is 3. The second kappa shape index (κ2) is 6.86. The van der Waals surface area contributed by atoms with E-state index in [-0.39, 0.29) is 0 Å². The molecule has 0 atom stereocenters. The predicted molar refractivity (Wildman–Crippen MR) is 97.1 cm³/mol. The SMILES string of the molecule is Cc1cccc(Cl)c1CN1CCc2nc(-c3cncnc3)ncc2C1. The Kier molecular flexibility index (Phi) is 4.42. The fraction of sp³-hybridized carbons (Fsp3) is 0.263. The summed E-state index contributed by atoms with van der Waals surface area (Å²) in [5.41, 5.74) is 5.57. The number of fused-ring (bicyclic) bond motifs is 1. The van der Waals surface area contributed by atoms with E-state index < -0.39 is 0 Å². The lowest BCUT2D eigenvalue weighted by atomic mass is 10.0. The third-order valence-electron chi connectivity index (χ3n) is 4.57. The summed E-state index contributed by atoms with van der Waals surface area (Å²) in [6.07, 6.45) is 7.82. The molecule has 1 aliphatic heterocycles. The molecule has 1 aliphatic rings. The molecule has 3 heterocycles. The lowest BCUT2D eigenvalue weighted by Gasteiger charge is -2.28. The van der Waals surface area contributed by atoms with Gasteiger partial charge in [0.2, 0.25) is 0 Å². The summed E-state index contributed by atoms with van der Waals surface area (Å²) in [5.74, 6) is 0.690. The van der Waals surface area contributed by atoms with Gasteiger partial charge in [-0.1, -0.05) is 23.7 Å². The summed E-state index contributed by atoms with van der Waals surface area (Å²) in [5, 5.41) is 0.835. The van der Waals surface area contributed by atoms with Gasteiger partial charge in [-0.25, -0.2) is 19.9 Å². The van der Waals surface area contributed by atoms with Crippen LogP contribution in [0.15, 0.2) is 43.1 Å². The lowest BCUT2D eigenvalue weighted by molar-refractivity contribution is 0.242. The van der Waals surface area contributed by atoms with Crippen LogP contribution in [0.4, 0.5) is 0 Å². The Morgan fingerprint density at radius 3 is 2.80 bits per heavy atom. The Bertz CT molecular complexity index is 877. The number of aryl methyl sites for hydroxylation is 1. The van der Waals surface area contributed by atoms with E-state index in [9.17, 15) is 0 Å². The normalized spacial score (nSPS) is 14.3. The molecular weight excluding hydrogens is 334 g/mol. The van der Waals surface area contributed by atoms with E-state index in [1.165, 1.54) is 23.0 Å². The Balaban J connectivity index is 1.54. The van der Waals surface area contributed by atoms with Crippen molar-refractivity contribution in [2.75, 3.05) is 6.54 Å². The molecule has 5 nitrogen and oxygen atoms in total. The van der Waals surface area contributed by atoms with Gasteiger partial charge < -0.3 is 0 Å². The number of halogens is 1. The molecule has 25 heavy (non-hydrogen) atoms. The molecule has 0 bridgehead atoms. The Hall–Kier alpha value is -2.37. The molecule has 0 saturated carbocycles. The van der Waals surface area contributed by atoms with Gasteiger partial charge in [-0.05, 0) is 24.1 Å². The van der Waals surface area contributed by atoms with Crippen molar-refractivity contribution in [3.63, 3.8) is 0 Å². The maximum atomic E-state index is 6.37. The van der Waals surface area contributed by atoms with Crippen molar-refractivity contribution in [3.8, 4) is 11.4 Å². The van der Waals surface area contributed by atoms with Crippen molar-refractivity contribution in [2.45, 2.75) is 26.4 Å². The van der Waals surface area contributed by atoms with Crippen molar-refractivity contribution in [2.24, 2.45) is 0 Å². The van der Waals surface area contributed by atoms with Crippen molar-refractivity contribution in [1.29, 1.82) is 0 Å². The molecule has 2 aromatic heterocycles. The lowest BCUT2D eigenvalue weighted by Crippen LogP contribution is -2.31. The maximum Gasteiger partial charge on any atom is 0.162 e. The first-order chi connectivity index (χ1) is 12.2. The van der Waals surface area contributed by atoms with Gasteiger partial charge in [-0.2, -0.15) is 0 Å². The van der Waals surface area contributed by atoms with Crippen LogP contribution in [-0.4, -0.2) is 31.4 Å². The standard InChI is InChI=1S/C19H18ClN5/c1-13-3-2-4-17(20)16(13)11-25-6-5-18-15(10-25)9-23-19(24-18)14-7-21-12-22-8-14/h2-4,7-9,12H,5-6,10-11H2,1H3. The van der Waals surface area contributed by atoms with Crippen LogP contribution >= 0.6 is 11.6 Å². The number of hydrogen-bond donors (Lipinski definition) is 0. The quantitative estimate of drug-likeness (QED) is 0.723. The van der Waals surface area contributed by atoms with E-state index in [1.54, 1.807) is 12.4 Å². The molecule has 0 aliphatic carbocycles. The second-order valence-electron chi connectivity index (χ2n) is 6.29. The molecule has 0 spiro atoms.